The lowest BCUT2D eigenvalue weighted by molar-refractivity contribution is -0.00749. The quantitative estimate of drug-likeness (QED) is 0.779. The number of nitrogens with zero attached hydrogens (tertiary/aromatic N) is 1. The topological polar surface area (TPSA) is 46.6 Å². The smallest absolute Gasteiger partial charge is 0.151 e. The molecule has 18 heavy (non-hydrogen) atoms. The normalized spacial score (nSPS) is 34.1. The van der Waals surface area contributed by atoms with E-state index in [1.807, 2.05) is 7.05 Å². The van der Waals surface area contributed by atoms with E-state index in [0.717, 1.165) is 45.3 Å². The first kappa shape index (κ1) is 14.3. The molecule has 2 rings (SSSR count). The van der Waals surface area contributed by atoms with Crippen LogP contribution >= 0.6 is 0 Å². The van der Waals surface area contributed by atoms with Gasteiger partial charge < -0.3 is 4.74 Å². The number of likely N-dealkylation sites (N-methyl/N-ethyl adjacent to an activating group) is 1. The fourth-order valence-corrected chi connectivity index (χ4v) is 4.83. The Bertz CT molecular complexity index is 362. The molecule has 0 unspecified atom stereocenters. The Hall–Kier alpha value is -0.130. The lowest BCUT2D eigenvalue weighted by Gasteiger charge is -2.33. The average Bonchev–Trinajstić information content (AvgIpc) is 2.79. The number of hydrogen-bond acceptors (Lipinski definition) is 4. The molecule has 5 heteroatoms. The molecule has 0 spiro atoms. The zero-order valence-corrected chi connectivity index (χ0v) is 12.3. The second-order valence-corrected chi connectivity index (χ2v) is 8.06. The van der Waals surface area contributed by atoms with E-state index in [4.69, 9.17) is 4.74 Å². The summed E-state index contributed by atoms with van der Waals surface area (Å²) in [4.78, 5) is 2.22. The Morgan fingerprint density at radius 2 is 1.94 bits per heavy atom. The summed E-state index contributed by atoms with van der Waals surface area (Å²) in [6.07, 6.45) is 8.03. The first-order valence-electron chi connectivity index (χ1n) is 6.99. The highest BCUT2D eigenvalue weighted by Crippen LogP contribution is 2.29. The van der Waals surface area contributed by atoms with Crippen molar-refractivity contribution in [3.63, 3.8) is 0 Å². The average molecular weight is 275 g/mol. The molecule has 0 radical (unpaired) electrons. The van der Waals surface area contributed by atoms with Gasteiger partial charge in [0.05, 0.1) is 11.4 Å². The first-order valence-corrected chi connectivity index (χ1v) is 8.94. The summed E-state index contributed by atoms with van der Waals surface area (Å²) < 4.78 is 29.3. The van der Waals surface area contributed by atoms with Gasteiger partial charge in [0.2, 0.25) is 0 Å². The number of sulfone groups is 1. The molecule has 3 atom stereocenters. The van der Waals surface area contributed by atoms with Crippen molar-refractivity contribution in [2.75, 3.05) is 26.5 Å². The number of rotatable bonds is 4. The molecule has 0 aromatic heterocycles. The van der Waals surface area contributed by atoms with E-state index in [1.54, 1.807) is 0 Å². The third-order valence-electron chi connectivity index (χ3n) is 4.30. The van der Waals surface area contributed by atoms with Crippen LogP contribution < -0.4 is 0 Å². The lowest BCUT2D eigenvalue weighted by atomic mass is 10.1. The van der Waals surface area contributed by atoms with Crippen LogP contribution in [0.3, 0.4) is 0 Å². The van der Waals surface area contributed by atoms with E-state index in [9.17, 15) is 8.42 Å². The third kappa shape index (κ3) is 3.45. The second-order valence-electron chi connectivity index (χ2n) is 5.79. The number of hydrogen-bond donors (Lipinski definition) is 0. The predicted molar refractivity (Wildman–Crippen MR) is 72.5 cm³/mol. The van der Waals surface area contributed by atoms with Gasteiger partial charge in [-0.05, 0) is 39.2 Å². The molecule has 0 aromatic rings. The maximum Gasteiger partial charge on any atom is 0.151 e. The van der Waals surface area contributed by atoms with Gasteiger partial charge in [0.15, 0.2) is 9.84 Å². The van der Waals surface area contributed by atoms with E-state index in [0.29, 0.717) is 6.10 Å². The molecule has 4 nitrogen and oxygen atoms in total. The third-order valence-corrected chi connectivity index (χ3v) is 5.95. The van der Waals surface area contributed by atoms with Crippen molar-refractivity contribution in [2.24, 2.45) is 0 Å². The monoisotopic (exact) mass is 275 g/mol. The molecule has 1 aliphatic heterocycles. The molecule has 0 aromatic carbocycles. The van der Waals surface area contributed by atoms with Crippen LogP contribution in [-0.2, 0) is 14.6 Å². The highest BCUT2D eigenvalue weighted by Gasteiger charge is 2.37. The van der Waals surface area contributed by atoms with Gasteiger partial charge in [-0.3, -0.25) is 4.90 Å². The Balaban J connectivity index is 1.93. The predicted octanol–water partition coefficient (Wildman–Crippen LogP) is 1.45. The maximum atomic E-state index is 11.8. The van der Waals surface area contributed by atoms with Crippen LogP contribution in [0.15, 0.2) is 0 Å². The van der Waals surface area contributed by atoms with Crippen molar-refractivity contribution in [1.82, 2.24) is 4.90 Å². The fraction of sp³-hybridized carbons (Fsp3) is 1.00. The van der Waals surface area contributed by atoms with Gasteiger partial charge in [-0.2, -0.15) is 0 Å². The fourth-order valence-electron chi connectivity index (χ4n) is 3.32. The van der Waals surface area contributed by atoms with Crippen molar-refractivity contribution in [2.45, 2.75) is 55.9 Å². The molecule has 0 N–H and O–H groups in total. The van der Waals surface area contributed by atoms with Crippen LogP contribution in [0.5, 0.6) is 0 Å². The zero-order valence-electron chi connectivity index (χ0n) is 11.5. The van der Waals surface area contributed by atoms with Crippen LogP contribution in [0.2, 0.25) is 0 Å². The van der Waals surface area contributed by atoms with Gasteiger partial charge in [0.1, 0.15) is 0 Å². The molecule has 2 fully saturated rings. The van der Waals surface area contributed by atoms with E-state index in [2.05, 4.69) is 4.90 Å². The van der Waals surface area contributed by atoms with Crippen LogP contribution in [0.4, 0.5) is 0 Å². The summed E-state index contributed by atoms with van der Waals surface area (Å²) in [7, 11) is -0.872. The molecule has 1 saturated heterocycles. The van der Waals surface area contributed by atoms with Crippen LogP contribution in [0.25, 0.3) is 0 Å². The largest absolute Gasteiger partial charge is 0.377 e. The lowest BCUT2D eigenvalue weighted by Crippen LogP contribution is -2.45. The second kappa shape index (κ2) is 5.88. The van der Waals surface area contributed by atoms with Gasteiger partial charge in [0, 0.05) is 25.4 Å². The summed E-state index contributed by atoms with van der Waals surface area (Å²) in [5, 5.41) is -0.175. The summed E-state index contributed by atoms with van der Waals surface area (Å²) in [5.74, 6) is 0. The van der Waals surface area contributed by atoms with Crippen LogP contribution in [0, 0.1) is 0 Å². The highest BCUT2D eigenvalue weighted by molar-refractivity contribution is 7.91. The molecule has 2 aliphatic rings. The molecular formula is C13H25NO3S. The minimum Gasteiger partial charge on any atom is -0.377 e. The summed E-state index contributed by atoms with van der Waals surface area (Å²) in [5.41, 5.74) is 0. The van der Waals surface area contributed by atoms with Gasteiger partial charge >= 0.3 is 0 Å². The standard InChI is InChI=1S/C13H25NO3S/c1-14(10-11-6-3-4-9-17-11)12-7-5-8-13(12)18(2,15)16/h11-13H,3-10H2,1-2H3/t11-,12-,13+/m1/s1. The van der Waals surface area contributed by atoms with Crippen molar-refractivity contribution in [3.8, 4) is 0 Å². The van der Waals surface area contributed by atoms with Crippen molar-refractivity contribution < 1.29 is 13.2 Å². The van der Waals surface area contributed by atoms with E-state index < -0.39 is 9.84 Å². The zero-order chi connectivity index (χ0) is 13.2. The van der Waals surface area contributed by atoms with Crippen LogP contribution in [0.1, 0.15) is 38.5 Å². The van der Waals surface area contributed by atoms with Crippen LogP contribution in [-0.4, -0.2) is 57.2 Å². The molecule has 1 aliphatic carbocycles. The molecule has 1 heterocycles. The van der Waals surface area contributed by atoms with Gasteiger partial charge in [-0.1, -0.05) is 6.42 Å². The Kier molecular flexibility index (Phi) is 4.67. The van der Waals surface area contributed by atoms with Gasteiger partial charge in [0.25, 0.3) is 0 Å². The Morgan fingerprint density at radius 1 is 1.17 bits per heavy atom. The Labute approximate surface area is 111 Å². The SMILES string of the molecule is CN(C[C@H]1CCCCO1)[C@@H]1CCC[C@@H]1S(C)(=O)=O. The molecule has 106 valence electrons. The van der Waals surface area contributed by atoms with E-state index >= 15 is 0 Å². The van der Waals surface area contributed by atoms with E-state index in [1.165, 1.54) is 12.7 Å². The summed E-state index contributed by atoms with van der Waals surface area (Å²) in [6, 6.07) is 0.186. The van der Waals surface area contributed by atoms with Gasteiger partial charge in [-0.15, -0.1) is 0 Å². The minimum atomic E-state index is -2.92. The van der Waals surface area contributed by atoms with Crippen molar-refractivity contribution >= 4 is 9.84 Å². The molecule has 0 amide bonds. The van der Waals surface area contributed by atoms with Crippen molar-refractivity contribution in [3.05, 3.63) is 0 Å². The molecule has 1 saturated carbocycles. The first-order chi connectivity index (χ1) is 8.48. The minimum absolute atomic E-state index is 0.175. The highest BCUT2D eigenvalue weighted by atomic mass is 32.2. The summed E-state index contributed by atoms with van der Waals surface area (Å²) in [6.45, 7) is 1.73. The van der Waals surface area contributed by atoms with Gasteiger partial charge in [-0.25, -0.2) is 8.42 Å². The Morgan fingerprint density at radius 3 is 2.56 bits per heavy atom. The summed E-state index contributed by atoms with van der Waals surface area (Å²) >= 11 is 0. The van der Waals surface area contributed by atoms with E-state index in [-0.39, 0.29) is 11.3 Å². The molecular weight excluding hydrogens is 250 g/mol. The van der Waals surface area contributed by atoms with Crippen molar-refractivity contribution in [1.29, 1.82) is 0 Å². The number of ether oxygens (including phenoxy) is 1. The maximum absolute atomic E-state index is 11.8. The molecule has 0 bridgehead atoms.